The highest BCUT2D eigenvalue weighted by Gasteiger charge is 2.21. The van der Waals surface area contributed by atoms with Gasteiger partial charge in [-0.05, 0) is 50.5 Å². The SMILES string of the molecule is C[C@@H]1CCCCN1c1cc(-c2cccnc2)nc2ccccc12. The van der Waals surface area contributed by atoms with E-state index in [0.29, 0.717) is 6.04 Å². The van der Waals surface area contributed by atoms with Crippen molar-refractivity contribution in [3.8, 4) is 11.3 Å². The summed E-state index contributed by atoms with van der Waals surface area (Å²) in [4.78, 5) is 11.7. The van der Waals surface area contributed by atoms with Gasteiger partial charge in [0.2, 0.25) is 0 Å². The molecule has 0 bridgehead atoms. The first-order chi connectivity index (χ1) is 11.3. The van der Waals surface area contributed by atoms with Crippen molar-refractivity contribution in [3.05, 3.63) is 54.9 Å². The molecule has 3 nitrogen and oxygen atoms in total. The van der Waals surface area contributed by atoms with Crippen molar-refractivity contribution in [3.63, 3.8) is 0 Å². The minimum Gasteiger partial charge on any atom is -0.368 e. The highest BCUT2D eigenvalue weighted by atomic mass is 15.2. The van der Waals surface area contributed by atoms with E-state index < -0.39 is 0 Å². The molecule has 116 valence electrons. The van der Waals surface area contributed by atoms with E-state index in [0.717, 1.165) is 23.3 Å². The van der Waals surface area contributed by atoms with Gasteiger partial charge >= 0.3 is 0 Å². The number of para-hydroxylation sites is 1. The summed E-state index contributed by atoms with van der Waals surface area (Å²) in [5.74, 6) is 0. The number of fused-ring (bicyclic) bond motifs is 1. The van der Waals surface area contributed by atoms with Crippen LogP contribution >= 0.6 is 0 Å². The molecule has 1 fully saturated rings. The molecule has 3 heterocycles. The Morgan fingerprint density at radius 3 is 2.83 bits per heavy atom. The van der Waals surface area contributed by atoms with E-state index in [-0.39, 0.29) is 0 Å². The van der Waals surface area contributed by atoms with Crippen molar-refractivity contribution < 1.29 is 0 Å². The fourth-order valence-corrected chi connectivity index (χ4v) is 3.51. The molecule has 1 atom stereocenters. The molecule has 0 radical (unpaired) electrons. The molecule has 0 amide bonds. The van der Waals surface area contributed by atoms with Crippen LogP contribution in [0.25, 0.3) is 22.2 Å². The average molecular weight is 303 g/mol. The molecule has 1 aromatic carbocycles. The number of hydrogen-bond acceptors (Lipinski definition) is 3. The highest BCUT2D eigenvalue weighted by Crippen LogP contribution is 2.34. The van der Waals surface area contributed by atoms with E-state index in [2.05, 4.69) is 53.2 Å². The van der Waals surface area contributed by atoms with Gasteiger partial charge < -0.3 is 4.90 Å². The van der Waals surface area contributed by atoms with E-state index in [4.69, 9.17) is 4.98 Å². The number of benzene rings is 1. The lowest BCUT2D eigenvalue weighted by atomic mass is 10.0. The minimum atomic E-state index is 0.580. The van der Waals surface area contributed by atoms with Crippen molar-refractivity contribution >= 4 is 16.6 Å². The highest BCUT2D eigenvalue weighted by molar-refractivity contribution is 5.94. The van der Waals surface area contributed by atoms with Gasteiger partial charge in [0, 0.05) is 41.6 Å². The van der Waals surface area contributed by atoms with E-state index in [9.17, 15) is 0 Å². The third kappa shape index (κ3) is 2.67. The topological polar surface area (TPSA) is 29.0 Å². The summed E-state index contributed by atoms with van der Waals surface area (Å²) in [7, 11) is 0. The first kappa shape index (κ1) is 14.2. The largest absolute Gasteiger partial charge is 0.368 e. The maximum atomic E-state index is 4.86. The van der Waals surface area contributed by atoms with Gasteiger partial charge in [-0.25, -0.2) is 4.98 Å². The molecule has 3 heteroatoms. The molecule has 1 aliphatic rings. The molecule has 1 aliphatic heterocycles. The first-order valence-corrected chi connectivity index (χ1v) is 8.40. The zero-order valence-electron chi connectivity index (χ0n) is 13.4. The number of hydrogen-bond donors (Lipinski definition) is 0. The molecule has 0 aliphatic carbocycles. The van der Waals surface area contributed by atoms with Gasteiger partial charge in [-0.2, -0.15) is 0 Å². The number of anilines is 1. The Kier molecular flexibility index (Phi) is 3.70. The Balaban J connectivity index is 1.91. The molecule has 0 N–H and O–H groups in total. The van der Waals surface area contributed by atoms with E-state index in [1.165, 1.54) is 30.3 Å². The third-order valence-electron chi connectivity index (χ3n) is 4.76. The quantitative estimate of drug-likeness (QED) is 0.688. The van der Waals surface area contributed by atoms with E-state index in [1.54, 1.807) is 6.20 Å². The molecule has 0 spiro atoms. The monoisotopic (exact) mass is 303 g/mol. The summed E-state index contributed by atoms with van der Waals surface area (Å²) in [5.41, 5.74) is 4.44. The van der Waals surface area contributed by atoms with Gasteiger partial charge in [-0.15, -0.1) is 0 Å². The van der Waals surface area contributed by atoms with Gasteiger partial charge in [0.05, 0.1) is 11.2 Å². The fourth-order valence-electron chi connectivity index (χ4n) is 3.51. The Bertz CT molecular complexity index is 813. The summed E-state index contributed by atoms with van der Waals surface area (Å²) >= 11 is 0. The Labute approximate surface area is 137 Å². The third-order valence-corrected chi connectivity index (χ3v) is 4.76. The van der Waals surface area contributed by atoms with Crippen molar-refractivity contribution in [2.75, 3.05) is 11.4 Å². The summed E-state index contributed by atoms with van der Waals surface area (Å²) < 4.78 is 0. The average Bonchev–Trinajstić information content (AvgIpc) is 2.62. The van der Waals surface area contributed by atoms with Crippen LogP contribution in [0.5, 0.6) is 0 Å². The second kappa shape index (κ2) is 5.99. The van der Waals surface area contributed by atoms with Crippen LogP contribution in [0.1, 0.15) is 26.2 Å². The number of piperidine rings is 1. The number of nitrogens with zero attached hydrogens (tertiary/aromatic N) is 3. The van der Waals surface area contributed by atoms with Crippen LogP contribution in [0.3, 0.4) is 0 Å². The van der Waals surface area contributed by atoms with Gasteiger partial charge in [0.25, 0.3) is 0 Å². The van der Waals surface area contributed by atoms with E-state index >= 15 is 0 Å². The fraction of sp³-hybridized carbons (Fsp3) is 0.300. The van der Waals surface area contributed by atoms with Crippen LogP contribution in [-0.4, -0.2) is 22.6 Å². The molecule has 23 heavy (non-hydrogen) atoms. The molecule has 1 saturated heterocycles. The van der Waals surface area contributed by atoms with Crippen molar-refractivity contribution in [1.29, 1.82) is 0 Å². The molecule has 0 saturated carbocycles. The van der Waals surface area contributed by atoms with Crippen LogP contribution in [-0.2, 0) is 0 Å². The van der Waals surface area contributed by atoms with Crippen LogP contribution < -0.4 is 4.90 Å². The molecular weight excluding hydrogens is 282 g/mol. The van der Waals surface area contributed by atoms with Gasteiger partial charge in [-0.3, -0.25) is 4.98 Å². The van der Waals surface area contributed by atoms with Crippen LogP contribution in [0, 0.1) is 0 Å². The predicted molar refractivity (Wildman–Crippen MR) is 95.6 cm³/mol. The summed E-state index contributed by atoms with van der Waals surface area (Å²) in [6.45, 7) is 3.46. The Morgan fingerprint density at radius 1 is 1.09 bits per heavy atom. The minimum absolute atomic E-state index is 0.580. The van der Waals surface area contributed by atoms with Gasteiger partial charge in [-0.1, -0.05) is 18.2 Å². The molecule has 0 unspecified atom stereocenters. The number of rotatable bonds is 2. The first-order valence-electron chi connectivity index (χ1n) is 8.40. The zero-order chi connectivity index (χ0) is 15.6. The standard InChI is InChI=1S/C20H21N3/c1-15-7-4-5-12-23(15)20-13-19(16-8-6-11-21-14-16)22-18-10-3-2-9-17(18)20/h2-3,6,8-11,13-15H,4-5,7,12H2,1H3/t15-/m1/s1. The number of pyridine rings is 2. The molecule has 4 rings (SSSR count). The maximum Gasteiger partial charge on any atom is 0.0745 e. The van der Waals surface area contributed by atoms with Gasteiger partial charge in [0.1, 0.15) is 0 Å². The summed E-state index contributed by atoms with van der Waals surface area (Å²) in [6.07, 6.45) is 7.55. The number of aromatic nitrogens is 2. The van der Waals surface area contributed by atoms with Crippen LogP contribution in [0.15, 0.2) is 54.9 Å². The van der Waals surface area contributed by atoms with E-state index in [1.807, 2.05) is 12.3 Å². The van der Waals surface area contributed by atoms with Crippen LogP contribution in [0.4, 0.5) is 5.69 Å². The summed E-state index contributed by atoms with van der Waals surface area (Å²) in [6, 6.07) is 15.3. The smallest absolute Gasteiger partial charge is 0.0745 e. The lowest BCUT2D eigenvalue weighted by Crippen LogP contribution is -2.37. The zero-order valence-corrected chi connectivity index (χ0v) is 13.4. The Morgan fingerprint density at radius 2 is 2.00 bits per heavy atom. The second-order valence-corrected chi connectivity index (χ2v) is 6.32. The lowest BCUT2D eigenvalue weighted by molar-refractivity contribution is 0.486. The van der Waals surface area contributed by atoms with Crippen molar-refractivity contribution in [2.24, 2.45) is 0 Å². The normalized spacial score (nSPS) is 18.3. The van der Waals surface area contributed by atoms with Crippen molar-refractivity contribution in [1.82, 2.24) is 9.97 Å². The second-order valence-electron chi connectivity index (χ2n) is 6.32. The van der Waals surface area contributed by atoms with Crippen LogP contribution in [0.2, 0.25) is 0 Å². The van der Waals surface area contributed by atoms with Crippen molar-refractivity contribution in [2.45, 2.75) is 32.2 Å². The molecule has 3 aromatic rings. The molecule has 2 aromatic heterocycles. The molecular formula is C20H21N3. The Hall–Kier alpha value is -2.42. The van der Waals surface area contributed by atoms with Gasteiger partial charge in [0.15, 0.2) is 0 Å². The summed E-state index contributed by atoms with van der Waals surface area (Å²) in [5, 5.41) is 1.24. The lowest BCUT2D eigenvalue weighted by Gasteiger charge is -2.36. The predicted octanol–water partition coefficient (Wildman–Crippen LogP) is 4.68. The maximum absolute atomic E-state index is 4.86.